The van der Waals surface area contributed by atoms with Crippen molar-refractivity contribution in [2.24, 2.45) is 0 Å². The molecular weight excluding hydrogens is 336 g/mol. The number of nitrogens with one attached hydrogen (secondary N) is 2. The molecule has 0 unspecified atom stereocenters. The Hall–Kier alpha value is -3.01. The molecule has 0 fully saturated rings. The van der Waals surface area contributed by atoms with Crippen LogP contribution >= 0.6 is 11.8 Å². The molecule has 0 spiro atoms. The highest BCUT2D eigenvalue weighted by Gasteiger charge is 2.14. The van der Waals surface area contributed by atoms with E-state index in [2.05, 4.69) is 20.8 Å². The smallest absolute Gasteiger partial charge is 0.321 e. The van der Waals surface area contributed by atoms with Gasteiger partial charge in [0, 0.05) is 0 Å². The summed E-state index contributed by atoms with van der Waals surface area (Å²) in [5, 5.41) is 12.5. The van der Waals surface area contributed by atoms with Crippen molar-refractivity contribution in [3.8, 4) is 11.7 Å². The number of carbonyl (C=O) groups excluding carboxylic acids is 2. The second kappa shape index (κ2) is 7.51. The van der Waals surface area contributed by atoms with E-state index in [0.29, 0.717) is 11.5 Å². The Kier molecular flexibility index (Phi) is 4.96. The number of hydrogen-bond donors (Lipinski definition) is 2. The Morgan fingerprint density at radius 3 is 2.71 bits per heavy atom. The molecule has 3 rings (SSSR count). The number of thioether (sulfide) groups is 1. The lowest BCUT2D eigenvalue weighted by Crippen LogP contribution is -2.39. The van der Waals surface area contributed by atoms with Crippen LogP contribution < -0.4 is 10.6 Å². The summed E-state index contributed by atoms with van der Waals surface area (Å²) in [6.07, 6.45) is 2.99. The third-order valence-electron chi connectivity index (χ3n) is 2.72. The lowest BCUT2D eigenvalue weighted by Gasteiger charge is -2.04. The molecule has 0 bridgehead atoms. The van der Waals surface area contributed by atoms with Crippen LogP contribution in [-0.4, -0.2) is 27.9 Å². The van der Waals surface area contributed by atoms with Gasteiger partial charge in [-0.25, -0.2) is 4.79 Å². The molecule has 0 saturated heterocycles. The van der Waals surface area contributed by atoms with Gasteiger partial charge in [-0.05, 0) is 24.3 Å². The van der Waals surface area contributed by atoms with Gasteiger partial charge in [0.25, 0.3) is 11.1 Å². The third kappa shape index (κ3) is 4.26. The van der Waals surface area contributed by atoms with E-state index in [0.717, 1.165) is 11.8 Å². The van der Waals surface area contributed by atoms with E-state index in [1.807, 2.05) is 0 Å². The summed E-state index contributed by atoms with van der Waals surface area (Å²) < 4.78 is 15.5. The molecule has 9 nitrogen and oxygen atoms in total. The first-order valence-corrected chi connectivity index (χ1v) is 7.79. The fourth-order valence-corrected chi connectivity index (χ4v) is 2.25. The molecule has 24 heavy (non-hydrogen) atoms. The van der Waals surface area contributed by atoms with E-state index in [1.54, 1.807) is 24.3 Å². The van der Waals surface area contributed by atoms with Gasteiger partial charge in [0.05, 0.1) is 24.8 Å². The maximum absolute atomic E-state index is 11.7. The summed E-state index contributed by atoms with van der Waals surface area (Å²) in [5.41, 5.74) is 0. The Morgan fingerprint density at radius 1 is 1.12 bits per heavy atom. The molecule has 0 aromatic carbocycles. The number of hydrogen-bond acceptors (Lipinski definition) is 8. The number of carbonyl (C=O) groups is 2. The zero-order chi connectivity index (χ0) is 16.8. The number of nitrogens with zero attached hydrogens (tertiary/aromatic N) is 2. The summed E-state index contributed by atoms with van der Waals surface area (Å²) >= 11 is 1.01. The van der Waals surface area contributed by atoms with Gasteiger partial charge in [0.1, 0.15) is 5.76 Å². The fourth-order valence-electron chi connectivity index (χ4n) is 1.68. The number of rotatable bonds is 6. The first kappa shape index (κ1) is 15.9. The van der Waals surface area contributed by atoms with Gasteiger partial charge in [-0.1, -0.05) is 11.8 Å². The van der Waals surface area contributed by atoms with Crippen molar-refractivity contribution >= 4 is 23.7 Å². The Morgan fingerprint density at radius 2 is 1.96 bits per heavy atom. The average molecular weight is 348 g/mol. The van der Waals surface area contributed by atoms with Crippen LogP contribution in [0.25, 0.3) is 11.7 Å². The zero-order valence-corrected chi connectivity index (χ0v) is 13.0. The minimum atomic E-state index is -0.612. The minimum Gasteiger partial charge on any atom is -0.467 e. The second-order valence-electron chi connectivity index (χ2n) is 4.45. The Bertz CT molecular complexity index is 797. The van der Waals surface area contributed by atoms with E-state index in [-0.39, 0.29) is 23.4 Å². The molecule has 0 aliphatic heterocycles. The average Bonchev–Trinajstić information content (AvgIpc) is 3.33. The van der Waals surface area contributed by atoms with Crippen LogP contribution in [-0.2, 0) is 11.3 Å². The summed E-state index contributed by atoms with van der Waals surface area (Å²) in [6.45, 7) is 0.190. The fraction of sp³-hybridized carbons (Fsp3) is 0.143. The van der Waals surface area contributed by atoms with Crippen molar-refractivity contribution in [3.63, 3.8) is 0 Å². The highest BCUT2D eigenvalue weighted by molar-refractivity contribution is 7.99. The molecule has 3 aromatic rings. The van der Waals surface area contributed by atoms with E-state index in [9.17, 15) is 9.59 Å². The molecule has 124 valence electrons. The summed E-state index contributed by atoms with van der Waals surface area (Å²) in [4.78, 5) is 23.3. The topological polar surface area (TPSA) is 123 Å². The number of amides is 3. The van der Waals surface area contributed by atoms with Gasteiger partial charge in [-0.3, -0.25) is 10.1 Å². The number of furan rings is 2. The molecule has 3 amide bonds. The van der Waals surface area contributed by atoms with Crippen molar-refractivity contribution in [2.45, 2.75) is 11.8 Å². The largest absolute Gasteiger partial charge is 0.467 e. The van der Waals surface area contributed by atoms with Crippen LogP contribution in [0.2, 0.25) is 0 Å². The summed E-state index contributed by atoms with van der Waals surface area (Å²) in [5.74, 6) is 0.710. The van der Waals surface area contributed by atoms with Crippen molar-refractivity contribution in [3.05, 3.63) is 42.6 Å². The molecule has 3 heterocycles. The molecule has 0 aliphatic rings. The van der Waals surface area contributed by atoms with Crippen LogP contribution in [0.3, 0.4) is 0 Å². The predicted molar refractivity (Wildman–Crippen MR) is 81.8 cm³/mol. The van der Waals surface area contributed by atoms with E-state index >= 15 is 0 Å². The third-order valence-corrected chi connectivity index (χ3v) is 3.54. The molecule has 0 radical (unpaired) electrons. The first-order valence-electron chi connectivity index (χ1n) is 6.81. The van der Waals surface area contributed by atoms with Crippen LogP contribution in [0.4, 0.5) is 4.79 Å². The number of imide groups is 1. The SMILES string of the molecule is O=C(CSc1nnc(-c2ccco2)o1)NC(=O)NCc1ccco1. The lowest BCUT2D eigenvalue weighted by atomic mass is 10.4. The maximum Gasteiger partial charge on any atom is 0.321 e. The highest BCUT2D eigenvalue weighted by Crippen LogP contribution is 2.22. The van der Waals surface area contributed by atoms with Gasteiger partial charge < -0.3 is 18.6 Å². The predicted octanol–water partition coefficient (Wildman–Crippen LogP) is 2.04. The Balaban J connectivity index is 1.41. The number of aromatic nitrogens is 2. The van der Waals surface area contributed by atoms with Crippen LogP contribution in [0.5, 0.6) is 0 Å². The monoisotopic (exact) mass is 348 g/mol. The summed E-state index contributed by atoms with van der Waals surface area (Å²) in [7, 11) is 0. The van der Waals surface area contributed by atoms with Crippen LogP contribution in [0, 0.1) is 0 Å². The first-order chi connectivity index (χ1) is 11.7. The zero-order valence-electron chi connectivity index (χ0n) is 12.2. The van der Waals surface area contributed by atoms with Crippen molar-refractivity contribution in [1.82, 2.24) is 20.8 Å². The van der Waals surface area contributed by atoms with E-state index in [4.69, 9.17) is 13.3 Å². The summed E-state index contributed by atoms with van der Waals surface area (Å²) in [6, 6.07) is 6.18. The van der Waals surface area contributed by atoms with Gasteiger partial charge in [-0.15, -0.1) is 10.2 Å². The highest BCUT2D eigenvalue weighted by atomic mass is 32.2. The van der Waals surface area contributed by atoms with Crippen LogP contribution in [0.1, 0.15) is 5.76 Å². The van der Waals surface area contributed by atoms with Crippen molar-refractivity contribution < 1.29 is 22.8 Å². The van der Waals surface area contributed by atoms with Gasteiger partial charge in [-0.2, -0.15) is 0 Å². The minimum absolute atomic E-state index is 0.0477. The molecule has 2 N–H and O–H groups in total. The molecule has 0 saturated carbocycles. The standard InChI is InChI=1S/C14H12N4O5S/c19-11(16-13(20)15-7-9-3-1-5-21-9)8-24-14-18-17-12(23-14)10-4-2-6-22-10/h1-6H,7-8H2,(H2,15,16,19,20). The number of urea groups is 1. The lowest BCUT2D eigenvalue weighted by molar-refractivity contribution is -0.117. The van der Waals surface area contributed by atoms with Crippen molar-refractivity contribution in [2.75, 3.05) is 5.75 Å². The van der Waals surface area contributed by atoms with Crippen LogP contribution in [0.15, 0.2) is 55.3 Å². The second-order valence-corrected chi connectivity index (χ2v) is 5.38. The van der Waals surface area contributed by atoms with E-state index < -0.39 is 11.9 Å². The van der Waals surface area contributed by atoms with Crippen molar-refractivity contribution in [1.29, 1.82) is 0 Å². The molecule has 3 aromatic heterocycles. The molecule has 0 atom stereocenters. The quantitative estimate of drug-likeness (QED) is 0.649. The van der Waals surface area contributed by atoms with Gasteiger partial charge in [0.2, 0.25) is 5.91 Å². The van der Waals surface area contributed by atoms with Gasteiger partial charge >= 0.3 is 6.03 Å². The van der Waals surface area contributed by atoms with Gasteiger partial charge in [0.15, 0.2) is 5.76 Å². The maximum atomic E-state index is 11.7. The van der Waals surface area contributed by atoms with E-state index in [1.165, 1.54) is 12.5 Å². The normalized spacial score (nSPS) is 10.5. The molecule has 10 heteroatoms. The molecular formula is C14H12N4O5S. The Labute approximate surface area is 139 Å². The molecule has 0 aliphatic carbocycles.